The van der Waals surface area contributed by atoms with Gasteiger partial charge in [0.05, 0.1) is 0 Å². The van der Waals surface area contributed by atoms with Crippen LogP contribution in [0.15, 0.2) is 12.1 Å². The van der Waals surface area contributed by atoms with Crippen LogP contribution in [-0.2, 0) is 9.53 Å². The third-order valence-corrected chi connectivity index (χ3v) is 3.31. The first-order chi connectivity index (χ1) is 9.02. The summed E-state index contributed by atoms with van der Waals surface area (Å²) in [6.07, 6.45) is 4.90. The molecule has 0 saturated heterocycles. The lowest BCUT2D eigenvalue weighted by molar-refractivity contribution is -0.139. The predicted molar refractivity (Wildman–Crippen MR) is 72.4 cm³/mol. The summed E-state index contributed by atoms with van der Waals surface area (Å²) in [5.74, 6) is -0.481. The van der Waals surface area contributed by atoms with E-state index in [9.17, 15) is 4.79 Å². The zero-order valence-electron chi connectivity index (χ0n) is 11.5. The van der Waals surface area contributed by atoms with Gasteiger partial charge < -0.3 is 9.30 Å². The molecule has 1 saturated carbocycles. The van der Waals surface area contributed by atoms with Crippen molar-refractivity contribution in [3.63, 3.8) is 0 Å². The lowest BCUT2D eigenvalue weighted by Gasteiger charge is -2.06. The van der Waals surface area contributed by atoms with Crippen LogP contribution in [0.4, 0.5) is 0 Å². The summed E-state index contributed by atoms with van der Waals surface area (Å²) >= 11 is 0. The van der Waals surface area contributed by atoms with E-state index in [1.807, 2.05) is 6.07 Å². The maximum absolute atomic E-state index is 11.5. The van der Waals surface area contributed by atoms with Crippen LogP contribution in [0, 0.1) is 25.2 Å². The van der Waals surface area contributed by atoms with Crippen LogP contribution in [0.3, 0.4) is 0 Å². The molecule has 100 valence electrons. The lowest BCUT2D eigenvalue weighted by atomic mass is 10.2. The standard InChI is InChI=1S/C15H18N2O2/c1-10-8-13(12(3)17(10)14-5-6-14)4-7-15(18)19-11(2)9-16/h4,7-8,11,14H,5-6H2,1-3H3/b7-4+/t11-/m0/s1. The summed E-state index contributed by atoms with van der Waals surface area (Å²) in [6.45, 7) is 5.69. The van der Waals surface area contributed by atoms with E-state index in [4.69, 9.17) is 10.00 Å². The van der Waals surface area contributed by atoms with Crippen molar-refractivity contribution in [1.29, 1.82) is 5.26 Å². The van der Waals surface area contributed by atoms with Crippen molar-refractivity contribution < 1.29 is 9.53 Å². The third kappa shape index (κ3) is 3.05. The Morgan fingerprint density at radius 1 is 1.58 bits per heavy atom. The Kier molecular flexibility index (Phi) is 3.75. The zero-order valence-corrected chi connectivity index (χ0v) is 11.5. The molecule has 1 aromatic heterocycles. The predicted octanol–water partition coefficient (Wildman–Crippen LogP) is 2.91. The number of aromatic nitrogens is 1. The van der Waals surface area contributed by atoms with Gasteiger partial charge in [0.15, 0.2) is 6.10 Å². The van der Waals surface area contributed by atoms with Crippen LogP contribution in [0.5, 0.6) is 0 Å². The first-order valence-corrected chi connectivity index (χ1v) is 6.49. The Hall–Kier alpha value is -2.02. The molecule has 0 aliphatic heterocycles. The van der Waals surface area contributed by atoms with Crippen molar-refractivity contribution in [2.75, 3.05) is 0 Å². The van der Waals surface area contributed by atoms with E-state index >= 15 is 0 Å². The average molecular weight is 258 g/mol. The molecular weight excluding hydrogens is 240 g/mol. The van der Waals surface area contributed by atoms with Crippen molar-refractivity contribution in [3.8, 4) is 6.07 Å². The molecule has 4 nitrogen and oxygen atoms in total. The first kappa shape index (κ1) is 13.4. The fraction of sp³-hybridized carbons (Fsp3) is 0.467. The van der Waals surface area contributed by atoms with Gasteiger partial charge in [0.2, 0.25) is 0 Å². The Balaban J connectivity index is 2.09. The summed E-state index contributed by atoms with van der Waals surface area (Å²) in [6, 6.07) is 4.57. The van der Waals surface area contributed by atoms with Gasteiger partial charge in [0.1, 0.15) is 6.07 Å². The van der Waals surface area contributed by atoms with E-state index in [0.29, 0.717) is 6.04 Å². The molecular formula is C15H18N2O2. The summed E-state index contributed by atoms with van der Waals surface area (Å²) in [4.78, 5) is 11.5. The average Bonchev–Trinajstić information content (AvgIpc) is 3.14. The first-order valence-electron chi connectivity index (χ1n) is 6.49. The Morgan fingerprint density at radius 3 is 2.84 bits per heavy atom. The number of hydrogen-bond donors (Lipinski definition) is 0. The highest BCUT2D eigenvalue weighted by molar-refractivity contribution is 5.87. The number of carbonyl (C=O) groups is 1. The van der Waals surface area contributed by atoms with Gasteiger partial charge in [0.25, 0.3) is 0 Å². The van der Waals surface area contributed by atoms with Crippen molar-refractivity contribution in [2.24, 2.45) is 0 Å². The summed E-state index contributed by atoms with van der Waals surface area (Å²) in [5.41, 5.74) is 3.43. The quantitative estimate of drug-likeness (QED) is 0.616. The van der Waals surface area contributed by atoms with E-state index in [0.717, 1.165) is 5.56 Å². The van der Waals surface area contributed by atoms with Crippen LogP contribution in [0.2, 0.25) is 0 Å². The highest BCUT2D eigenvalue weighted by Crippen LogP contribution is 2.38. The van der Waals surface area contributed by atoms with Gasteiger partial charge in [-0.2, -0.15) is 5.26 Å². The smallest absolute Gasteiger partial charge is 0.332 e. The van der Waals surface area contributed by atoms with Gasteiger partial charge in [-0.15, -0.1) is 0 Å². The molecule has 0 spiro atoms. The number of nitriles is 1. The molecule has 0 unspecified atom stereocenters. The minimum absolute atomic E-state index is 0.481. The van der Waals surface area contributed by atoms with Gasteiger partial charge in [-0.1, -0.05) is 0 Å². The van der Waals surface area contributed by atoms with Crippen LogP contribution in [0.25, 0.3) is 6.08 Å². The lowest BCUT2D eigenvalue weighted by Crippen LogP contribution is -2.10. The van der Waals surface area contributed by atoms with Crippen LogP contribution in [-0.4, -0.2) is 16.6 Å². The number of hydrogen-bond acceptors (Lipinski definition) is 3. The van der Waals surface area contributed by atoms with Gasteiger partial charge in [-0.3, -0.25) is 0 Å². The molecule has 19 heavy (non-hydrogen) atoms. The molecule has 1 atom stereocenters. The van der Waals surface area contributed by atoms with Gasteiger partial charge >= 0.3 is 5.97 Å². The maximum atomic E-state index is 11.5. The number of aryl methyl sites for hydroxylation is 1. The molecule has 1 heterocycles. The monoisotopic (exact) mass is 258 g/mol. The topological polar surface area (TPSA) is 55.0 Å². The number of carbonyl (C=O) groups excluding carboxylic acids is 1. The molecule has 1 aliphatic carbocycles. The normalized spacial score (nSPS) is 16.3. The van der Waals surface area contributed by atoms with Crippen LogP contribution >= 0.6 is 0 Å². The molecule has 4 heteroatoms. The molecule has 0 amide bonds. The molecule has 0 N–H and O–H groups in total. The minimum Gasteiger partial charge on any atom is -0.444 e. The molecule has 0 bridgehead atoms. The van der Waals surface area contributed by atoms with Crippen LogP contribution < -0.4 is 0 Å². The van der Waals surface area contributed by atoms with Crippen molar-refractivity contribution in [3.05, 3.63) is 29.1 Å². The second-order valence-electron chi connectivity index (χ2n) is 4.97. The van der Waals surface area contributed by atoms with Crippen molar-refractivity contribution >= 4 is 12.0 Å². The molecule has 0 radical (unpaired) electrons. The van der Waals surface area contributed by atoms with E-state index in [1.54, 1.807) is 13.0 Å². The molecule has 1 fully saturated rings. The van der Waals surface area contributed by atoms with Gasteiger partial charge in [0, 0.05) is 23.5 Å². The van der Waals surface area contributed by atoms with E-state index < -0.39 is 12.1 Å². The highest BCUT2D eigenvalue weighted by Gasteiger charge is 2.26. The Labute approximate surface area is 113 Å². The summed E-state index contributed by atoms with van der Waals surface area (Å²) in [7, 11) is 0. The minimum atomic E-state index is -0.712. The Morgan fingerprint density at radius 2 is 2.26 bits per heavy atom. The summed E-state index contributed by atoms with van der Waals surface area (Å²) in [5, 5.41) is 8.57. The fourth-order valence-corrected chi connectivity index (χ4v) is 2.26. The number of rotatable bonds is 4. The summed E-state index contributed by atoms with van der Waals surface area (Å²) < 4.78 is 7.19. The van der Waals surface area contributed by atoms with E-state index in [1.165, 1.54) is 30.3 Å². The number of ether oxygens (including phenoxy) is 1. The molecule has 0 aromatic carbocycles. The second-order valence-corrected chi connectivity index (χ2v) is 4.97. The van der Waals surface area contributed by atoms with Crippen molar-refractivity contribution in [1.82, 2.24) is 4.57 Å². The molecule has 1 aromatic rings. The Bertz CT molecular complexity index is 559. The van der Waals surface area contributed by atoms with Crippen LogP contribution in [0.1, 0.15) is 42.8 Å². The maximum Gasteiger partial charge on any atom is 0.332 e. The van der Waals surface area contributed by atoms with Gasteiger partial charge in [-0.25, -0.2) is 4.79 Å². The largest absolute Gasteiger partial charge is 0.444 e. The molecule has 1 aliphatic rings. The third-order valence-electron chi connectivity index (χ3n) is 3.31. The number of nitrogens with zero attached hydrogens (tertiary/aromatic N) is 2. The second kappa shape index (κ2) is 5.31. The van der Waals surface area contributed by atoms with Gasteiger partial charge in [-0.05, 0) is 51.3 Å². The fourth-order valence-electron chi connectivity index (χ4n) is 2.26. The van der Waals surface area contributed by atoms with Crippen molar-refractivity contribution in [2.45, 2.75) is 45.8 Å². The van der Waals surface area contributed by atoms with E-state index in [-0.39, 0.29) is 0 Å². The SMILES string of the molecule is Cc1cc(/C=C/C(=O)O[C@@H](C)C#N)c(C)n1C1CC1. The zero-order chi connectivity index (χ0) is 14.0. The molecule has 2 rings (SSSR count). The van der Waals surface area contributed by atoms with E-state index in [2.05, 4.69) is 24.5 Å². The number of esters is 1. The highest BCUT2D eigenvalue weighted by atomic mass is 16.5.